The number of nitrogens with zero attached hydrogens (tertiary/aromatic N) is 3. The second kappa shape index (κ2) is 8.55. The van der Waals surface area contributed by atoms with E-state index in [0.29, 0.717) is 28.3 Å². The summed E-state index contributed by atoms with van der Waals surface area (Å²) < 4.78 is 5.55. The predicted molar refractivity (Wildman–Crippen MR) is 122 cm³/mol. The maximum absolute atomic E-state index is 13.8. The van der Waals surface area contributed by atoms with E-state index in [0.717, 1.165) is 31.5 Å². The summed E-state index contributed by atoms with van der Waals surface area (Å²) >= 11 is 0. The highest BCUT2D eigenvalue weighted by Crippen LogP contribution is 2.39. The molecule has 0 radical (unpaired) electrons. The summed E-state index contributed by atoms with van der Waals surface area (Å²) in [6, 6.07) is 15.1. The van der Waals surface area contributed by atoms with Gasteiger partial charge in [-0.25, -0.2) is 4.90 Å². The van der Waals surface area contributed by atoms with Gasteiger partial charge in [0.05, 0.1) is 18.4 Å². The van der Waals surface area contributed by atoms with Crippen molar-refractivity contribution in [1.82, 2.24) is 9.80 Å². The molecule has 1 saturated heterocycles. The normalized spacial score (nSPS) is 18.1. The molecule has 2 amide bonds. The molecular formula is C25H29N3O3. The van der Waals surface area contributed by atoms with E-state index in [1.165, 1.54) is 4.90 Å². The lowest BCUT2D eigenvalue weighted by Gasteiger charge is -2.36. The van der Waals surface area contributed by atoms with Crippen LogP contribution in [-0.2, 0) is 9.59 Å². The Kier molecular flexibility index (Phi) is 5.83. The van der Waals surface area contributed by atoms with E-state index in [2.05, 4.69) is 11.9 Å². The molecule has 2 aliphatic rings. The van der Waals surface area contributed by atoms with Crippen LogP contribution in [0.1, 0.15) is 24.0 Å². The van der Waals surface area contributed by atoms with Crippen LogP contribution in [0.4, 0.5) is 5.69 Å². The van der Waals surface area contributed by atoms with Crippen LogP contribution in [-0.4, -0.2) is 62.0 Å². The van der Waals surface area contributed by atoms with Crippen molar-refractivity contribution in [2.75, 3.05) is 39.2 Å². The van der Waals surface area contributed by atoms with Gasteiger partial charge in [0, 0.05) is 18.7 Å². The summed E-state index contributed by atoms with van der Waals surface area (Å²) in [5.74, 6) is -0.000210. The Balaban J connectivity index is 1.84. The molecule has 0 bridgehead atoms. The standard InChI is InChI=1S/C25H29N3O3/c1-17-9-5-7-11-20(17)28-24(29)22(19-10-6-8-12-21(19)31-4)23(25(28)30)27(3)18-13-15-26(2)16-14-18/h5-12,18H,13-16H2,1-4H3. The number of amides is 2. The number of benzene rings is 2. The molecule has 4 rings (SSSR count). The van der Waals surface area contributed by atoms with Crippen molar-refractivity contribution in [3.8, 4) is 5.75 Å². The predicted octanol–water partition coefficient (Wildman–Crippen LogP) is 3.31. The molecule has 0 spiro atoms. The van der Waals surface area contributed by atoms with E-state index in [-0.39, 0.29) is 17.9 Å². The molecule has 2 aromatic rings. The molecule has 0 unspecified atom stereocenters. The molecule has 162 valence electrons. The smallest absolute Gasteiger partial charge is 0.282 e. The van der Waals surface area contributed by atoms with Gasteiger partial charge in [0.2, 0.25) is 0 Å². The first-order valence-corrected chi connectivity index (χ1v) is 10.7. The fourth-order valence-corrected chi connectivity index (χ4v) is 4.54. The van der Waals surface area contributed by atoms with Gasteiger partial charge in [0.25, 0.3) is 11.8 Å². The molecule has 6 nitrogen and oxygen atoms in total. The number of rotatable bonds is 5. The van der Waals surface area contributed by atoms with E-state index < -0.39 is 0 Å². The third kappa shape index (κ3) is 3.72. The molecule has 0 saturated carbocycles. The molecule has 0 N–H and O–H groups in total. The van der Waals surface area contributed by atoms with E-state index in [9.17, 15) is 9.59 Å². The summed E-state index contributed by atoms with van der Waals surface area (Å²) in [6.07, 6.45) is 1.89. The number of likely N-dealkylation sites (tertiary alicyclic amines) is 1. The van der Waals surface area contributed by atoms with E-state index in [4.69, 9.17) is 4.74 Å². The third-order valence-corrected chi connectivity index (χ3v) is 6.38. The molecule has 0 aromatic heterocycles. The summed E-state index contributed by atoms with van der Waals surface area (Å²) in [7, 11) is 5.63. The Bertz CT molecular complexity index is 1040. The average molecular weight is 420 g/mol. The van der Waals surface area contributed by atoms with Crippen LogP contribution in [0.3, 0.4) is 0 Å². The second-order valence-electron chi connectivity index (χ2n) is 8.30. The first-order valence-electron chi connectivity index (χ1n) is 10.7. The number of carbonyl (C=O) groups is 2. The van der Waals surface area contributed by atoms with E-state index in [1.54, 1.807) is 7.11 Å². The number of piperidine rings is 1. The fourth-order valence-electron chi connectivity index (χ4n) is 4.54. The largest absolute Gasteiger partial charge is 0.496 e. The molecule has 2 aromatic carbocycles. The average Bonchev–Trinajstić information content (AvgIpc) is 3.04. The molecular weight excluding hydrogens is 390 g/mol. The molecule has 6 heteroatoms. The minimum absolute atomic E-state index is 0.199. The zero-order valence-corrected chi connectivity index (χ0v) is 18.6. The molecule has 1 fully saturated rings. The number of para-hydroxylation sites is 2. The van der Waals surface area contributed by atoms with Crippen LogP contribution in [0, 0.1) is 6.92 Å². The topological polar surface area (TPSA) is 53.1 Å². The van der Waals surface area contributed by atoms with Crippen molar-refractivity contribution in [3.63, 3.8) is 0 Å². The number of likely N-dealkylation sites (N-methyl/N-ethyl adjacent to an activating group) is 1. The van der Waals surface area contributed by atoms with Gasteiger partial charge in [-0.05, 0) is 57.6 Å². The van der Waals surface area contributed by atoms with Gasteiger partial charge in [-0.3, -0.25) is 9.59 Å². The monoisotopic (exact) mass is 419 g/mol. The van der Waals surface area contributed by atoms with Gasteiger partial charge in [0.15, 0.2) is 0 Å². The zero-order valence-electron chi connectivity index (χ0n) is 18.6. The summed E-state index contributed by atoms with van der Waals surface area (Å²) in [5, 5.41) is 0. The van der Waals surface area contributed by atoms with Crippen LogP contribution in [0.2, 0.25) is 0 Å². The van der Waals surface area contributed by atoms with Crippen LogP contribution in [0.5, 0.6) is 5.75 Å². The van der Waals surface area contributed by atoms with Gasteiger partial charge in [-0.2, -0.15) is 0 Å². The Labute approximate surface area is 183 Å². The van der Waals surface area contributed by atoms with Crippen LogP contribution < -0.4 is 9.64 Å². The SMILES string of the molecule is COc1ccccc1C1=C(N(C)C2CCN(C)CC2)C(=O)N(c2ccccc2C)C1=O. The number of hydrogen-bond acceptors (Lipinski definition) is 5. The number of methoxy groups -OCH3 is 1. The Morgan fingerprint density at radius 1 is 0.968 bits per heavy atom. The Morgan fingerprint density at radius 3 is 2.29 bits per heavy atom. The van der Waals surface area contributed by atoms with Crippen molar-refractivity contribution in [3.05, 3.63) is 65.4 Å². The highest BCUT2D eigenvalue weighted by atomic mass is 16.5. The molecule has 0 aliphatic carbocycles. The van der Waals surface area contributed by atoms with Gasteiger partial charge in [-0.1, -0.05) is 36.4 Å². The fraction of sp³-hybridized carbons (Fsp3) is 0.360. The van der Waals surface area contributed by atoms with Crippen LogP contribution in [0.25, 0.3) is 5.57 Å². The number of anilines is 1. The van der Waals surface area contributed by atoms with Gasteiger partial charge in [-0.15, -0.1) is 0 Å². The lowest BCUT2D eigenvalue weighted by Crippen LogP contribution is -2.43. The molecule has 0 atom stereocenters. The van der Waals surface area contributed by atoms with E-state index >= 15 is 0 Å². The third-order valence-electron chi connectivity index (χ3n) is 6.38. The minimum Gasteiger partial charge on any atom is -0.496 e. The van der Waals surface area contributed by atoms with Crippen LogP contribution >= 0.6 is 0 Å². The molecule has 2 heterocycles. The highest BCUT2D eigenvalue weighted by molar-refractivity contribution is 6.45. The van der Waals surface area contributed by atoms with Crippen molar-refractivity contribution in [2.24, 2.45) is 0 Å². The van der Waals surface area contributed by atoms with Crippen LogP contribution in [0.15, 0.2) is 54.2 Å². The highest BCUT2D eigenvalue weighted by Gasteiger charge is 2.44. The Morgan fingerprint density at radius 2 is 1.61 bits per heavy atom. The summed E-state index contributed by atoms with van der Waals surface area (Å²) in [4.78, 5) is 33.1. The second-order valence-corrected chi connectivity index (χ2v) is 8.30. The summed E-state index contributed by atoms with van der Waals surface area (Å²) in [5.41, 5.74) is 3.01. The van der Waals surface area contributed by atoms with E-state index in [1.807, 2.05) is 67.4 Å². The zero-order chi connectivity index (χ0) is 22.1. The van der Waals surface area contributed by atoms with Crippen molar-refractivity contribution in [2.45, 2.75) is 25.8 Å². The molecule has 31 heavy (non-hydrogen) atoms. The number of imide groups is 1. The first-order chi connectivity index (χ1) is 14.9. The van der Waals surface area contributed by atoms with Crippen molar-refractivity contribution >= 4 is 23.1 Å². The molecule has 2 aliphatic heterocycles. The number of ether oxygens (including phenoxy) is 1. The first kappa shape index (κ1) is 21.1. The number of carbonyl (C=O) groups excluding carboxylic acids is 2. The number of hydrogen-bond donors (Lipinski definition) is 0. The lowest BCUT2D eigenvalue weighted by molar-refractivity contribution is -0.120. The maximum Gasteiger partial charge on any atom is 0.282 e. The quantitative estimate of drug-likeness (QED) is 0.696. The lowest BCUT2D eigenvalue weighted by atomic mass is 9.99. The van der Waals surface area contributed by atoms with Crippen molar-refractivity contribution in [1.29, 1.82) is 0 Å². The van der Waals surface area contributed by atoms with Gasteiger partial charge < -0.3 is 14.5 Å². The van der Waals surface area contributed by atoms with Gasteiger partial charge >= 0.3 is 0 Å². The van der Waals surface area contributed by atoms with Gasteiger partial charge in [0.1, 0.15) is 11.4 Å². The Hall–Kier alpha value is -3.12. The maximum atomic E-state index is 13.8. The van der Waals surface area contributed by atoms with Crippen molar-refractivity contribution < 1.29 is 14.3 Å². The number of aryl methyl sites for hydroxylation is 1. The summed E-state index contributed by atoms with van der Waals surface area (Å²) in [6.45, 7) is 3.85. The minimum atomic E-state index is -0.307.